The van der Waals surface area contributed by atoms with Gasteiger partial charge in [0.25, 0.3) is 0 Å². The van der Waals surface area contributed by atoms with Crippen molar-refractivity contribution in [3.63, 3.8) is 0 Å². The molecule has 1 aromatic heterocycles. The van der Waals surface area contributed by atoms with Gasteiger partial charge in [0, 0.05) is 31.8 Å². The third-order valence-corrected chi connectivity index (χ3v) is 7.30. The first-order chi connectivity index (χ1) is 17.3. The lowest BCUT2D eigenvalue weighted by Gasteiger charge is -2.36. The molecule has 1 aromatic carbocycles. The first kappa shape index (κ1) is 27.3. The third-order valence-electron chi connectivity index (χ3n) is 7.30. The Morgan fingerprint density at radius 2 is 1.70 bits per heavy atom. The van der Waals surface area contributed by atoms with Gasteiger partial charge in [0.2, 0.25) is 5.91 Å². The molecule has 1 aliphatic carbocycles. The predicted octanol–water partition coefficient (Wildman–Crippen LogP) is 3.47. The van der Waals surface area contributed by atoms with E-state index in [0.717, 1.165) is 12.8 Å². The van der Waals surface area contributed by atoms with Crippen molar-refractivity contribution >= 4 is 5.91 Å². The number of ether oxygens (including phenoxy) is 1. The van der Waals surface area contributed by atoms with E-state index in [4.69, 9.17) is 4.74 Å². The molecule has 0 spiro atoms. The average molecular weight is 535 g/mol. The van der Waals surface area contributed by atoms with E-state index in [0.29, 0.717) is 44.6 Å². The van der Waals surface area contributed by atoms with Crippen molar-refractivity contribution in [3.05, 3.63) is 40.7 Å². The van der Waals surface area contributed by atoms with E-state index in [9.17, 15) is 31.1 Å². The molecular weight excluding hydrogens is 506 g/mol. The summed E-state index contributed by atoms with van der Waals surface area (Å²) in [7, 11) is 3.53. The van der Waals surface area contributed by atoms with Gasteiger partial charge in [-0.15, -0.1) is 10.2 Å². The van der Waals surface area contributed by atoms with Crippen LogP contribution in [0.4, 0.5) is 26.3 Å². The Kier molecular flexibility index (Phi) is 7.52. The van der Waals surface area contributed by atoms with Crippen molar-refractivity contribution in [2.75, 3.05) is 20.3 Å². The lowest BCUT2D eigenvalue weighted by molar-refractivity contribution is -0.143. The SMILES string of the molecule is CN(C1CCOCC1)C1CC[C@@](C(=O)NCc2cc(C(F)(F)F)cc(C(F)(F)F)c2)(c2nnn(C)n2)C1. The van der Waals surface area contributed by atoms with Gasteiger partial charge >= 0.3 is 12.4 Å². The molecule has 2 aromatic rings. The van der Waals surface area contributed by atoms with Crippen LogP contribution in [0.15, 0.2) is 18.2 Å². The average Bonchev–Trinajstić information content (AvgIpc) is 3.49. The monoisotopic (exact) mass is 534 g/mol. The smallest absolute Gasteiger partial charge is 0.381 e. The fourth-order valence-electron chi connectivity index (χ4n) is 5.22. The van der Waals surface area contributed by atoms with Crippen LogP contribution in [-0.4, -0.2) is 63.4 Å². The number of halogens is 6. The van der Waals surface area contributed by atoms with Crippen LogP contribution in [0, 0.1) is 0 Å². The van der Waals surface area contributed by atoms with E-state index in [-0.39, 0.29) is 29.5 Å². The largest absolute Gasteiger partial charge is 0.416 e. The van der Waals surface area contributed by atoms with E-state index in [1.165, 1.54) is 4.80 Å². The zero-order valence-corrected chi connectivity index (χ0v) is 20.4. The van der Waals surface area contributed by atoms with Gasteiger partial charge < -0.3 is 15.0 Å². The van der Waals surface area contributed by atoms with Crippen molar-refractivity contribution < 1.29 is 35.9 Å². The zero-order chi connectivity index (χ0) is 27.0. The van der Waals surface area contributed by atoms with Gasteiger partial charge in [-0.05, 0) is 68.1 Å². The molecule has 1 saturated heterocycles. The minimum atomic E-state index is -4.97. The Morgan fingerprint density at radius 3 is 2.24 bits per heavy atom. The normalized spacial score (nSPS) is 23.5. The van der Waals surface area contributed by atoms with Gasteiger partial charge in [0.1, 0.15) is 5.41 Å². The number of benzene rings is 1. The number of amides is 1. The second-order valence-electron chi connectivity index (χ2n) is 9.69. The maximum absolute atomic E-state index is 13.5. The summed E-state index contributed by atoms with van der Waals surface area (Å²) < 4.78 is 84.9. The van der Waals surface area contributed by atoms with E-state index in [1.807, 2.05) is 7.05 Å². The minimum absolute atomic E-state index is 0.00282. The van der Waals surface area contributed by atoms with Crippen LogP contribution in [0.1, 0.15) is 54.6 Å². The van der Waals surface area contributed by atoms with Crippen molar-refractivity contribution in [1.29, 1.82) is 0 Å². The summed E-state index contributed by atoms with van der Waals surface area (Å²) in [4.78, 5) is 17.0. The summed E-state index contributed by atoms with van der Waals surface area (Å²) in [6.45, 7) is 0.778. The number of aromatic nitrogens is 4. The molecular formula is C23H28F6N6O2. The van der Waals surface area contributed by atoms with Crippen LogP contribution in [0.5, 0.6) is 0 Å². The Balaban J connectivity index is 1.57. The molecule has 8 nitrogen and oxygen atoms in total. The van der Waals surface area contributed by atoms with Crippen LogP contribution in [0.3, 0.4) is 0 Å². The quantitative estimate of drug-likeness (QED) is 0.572. The van der Waals surface area contributed by atoms with Crippen molar-refractivity contribution in [3.8, 4) is 0 Å². The van der Waals surface area contributed by atoms with Crippen LogP contribution in [0.25, 0.3) is 0 Å². The van der Waals surface area contributed by atoms with Crippen molar-refractivity contribution in [2.24, 2.45) is 7.05 Å². The van der Waals surface area contributed by atoms with E-state index in [1.54, 1.807) is 7.05 Å². The maximum atomic E-state index is 13.5. The highest BCUT2D eigenvalue weighted by Crippen LogP contribution is 2.43. The molecule has 204 valence electrons. The first-order valence-electron chi connectivity index (χ1n) is 11.9. The Morgan fingerprint density at radius 1 is 1.08 bits per heavy atom. The lowest BCUT2D eigenvalue weighted by atomic mass is 9.83. The minimum Gasteiger partial charge on any atom is -0.381 e. The highest BCUT2D eigenvalue weighted by atomic mass is 19.4. The second kappa shape index (κ2) is 10.2. The number of nitrogens with one attached hydrogen (secondary N) is 1. The van der Waals surface area contributed by atoms with Crippen molar-refractivity contribution in [1.82, 2.24) is 30.4 Å². The Labute approximate surface area is 209 Å². The van der Waals surface area contributed by atoms with Crippen LogP contribution in [-0.2, 0) is 40.9 Å². The number of aryl methyl sites for hydroxylation is 1. The van der Waals surface area contributed by atoms with Gasteiger partial charge in [0.15, 0.2) is 5.82 Å². The predicted molar refractivity (Wildman–Crippen MR) is 118 cm³/mol. The Hall–Kier alpha value is -2.74. The summed E-state index contributed by atoms with van der Waals surface area (Å²) in [5.74, 6) is -0.384. The third kappa shape index (κ3) is 5.89. The molecule has 1 saturated carbocycles. The molecule has 1 unspecified atom stereocenters. The summed E-state index contributed by atoms with van der Waals surface area (Å²) in [5, 5.41) is 14.7. The van der Waals surface area contributed by atoms with Crippen molar-refractivity contribution in [2.45, 2.75) is 68.5 Å². The zero-order valence-electron chi connectivity index (χ0n) is 20.4. The van der Waals surface area contributed by atoms with Gasteiger partial charge in [0.05, 0.1) is 18.2 Å². The molecule has 1 N–H and O–H groups in total. The van der Waals surface area contributed by atoms with Gasteiger partial charge in [-0.3, -0.25) is 4.79 Å². The number of carbonyl (C=O) groups excluding carboxylic acids is 1. The molecule has 2 aliphatic rings. The fraction of sp³-hybridized carbons (Fsp3) is 0.652. The molecule has 0 bridgehead atoms. The number of rotatable bonds is 6. The topological polar surface area (TPSA) is 85.2 Å². The maximum Gasteiger partial charge on any atom is 0.416 e. The van der Waals surface area contributed by atoms with Gasteiger partial charge in [-0.1, -0.05) is 0 Å². The Bertz CT molecular complexity index is 1080. The molecule has 2 atom stereocenters. The molecule has 2 heterocycles. The highest BCUT2D eigenvalue weighted by Gasteiger charge is 2.51. The molecule has 4 rings (SSSR count). The number of tetrazole rings is 1. The van der Waals surface area contributed by atoms with Crippen LogP contribution in [0.2, 0.25) is 0 Å². The fourth-order valence-corrected chi connectivity index (χ4v) is 5.22. The molecule has 0 radical (unpaired) electrons. The molecule has 1 aliphatic heterocycles. The highest BCUT2D eigenvalue weighted by molar-refractivity contribution is 5.87. The van der Waals surface area contributed by atoms with E-state index < -0.39 is 41.3 Å². The number of carbonyl (C=O) groups is 1. The first-order valence-corrected chi connectivity index (χ1v) is 11.9. The molecule has 2 fully saturated rings. The standard InChI is InChI=1S/C23H28F6N6O2/c1-34(17-4-7-37-8-5-17)18-3-6-21(12-18,19-31-33-35(2)32-19)20(36)30-13-14-9-15(22(24,25)26)11-16(10-14)23(27,28)29/h9-11,17-18H,3-8,12-13H2,1-2H3,(H,30,36)/t18?,21-/m0/s1. The summed E-state index contributed by atoms with van der Waals surface area (Å²) in [6, 6.07) is 1.56. The van der Waals surface area contributed by atoms with Gasteiger partial charge in [-0.2, -0.15) is 31.1 Å². The molecule has 1 amide bonds. The number of alkyl halides is 6. The second-order valence-corrected chi connectivity index (χ2v) is 9.69. The van der Waals surface area contributed by atoms with Gasteiger partial charge in [-0.25, -0.2) is 0 Å². The van der Waals surface area contributed by atoms with E-state index >= 15 is 0 Å². The number of hydrogen-bond acceptors (Lipinski definition) is 6. The molecule has 14 heteroatoms. The molecule has 37 heavy (non-hydrogen) atoms. The van der Waals surface area contributed by atoms with Crippen LogP contribution < -0.4 is 5.32 Å². The number of hydrogen-bond donors (Lipinski definition) is 1. The lowest BCUT2D eigenvalue weighted by Crippen LogP contribution is -2.47. The van der Waals surface area contributed by atoms with Crippen LogP contribution >= 0.6 is 0 Å². The summed E-state index contributed by atoms with van der Waals surface area (Å²) >= 11 is 0. The summed E-state index contributed by atoms with van der Waals surface area (Å²) in [6.07, 6.45) is -6.90. The van der Waals surface area contributed by atoms with E-state index in [2.05, 4.69) is 25.6 Å². The summed E-state index contributed by atoms with van der Waals surface area (Å²) in [5.41, 5.74) is -4.40. The number of nitrogens with zero attached hydrogens (tertiary/aromatic N) is 5.